The molecule has 0 radical (unpaired) electrons. The molecule has 33 heavy (non-hydrogen) atoms. The van der Waals surface area contributed by atoms with Crippen molar-refractivity contribution in [2.75, 3.05) is 28.0 Å². The summed E-state index contributed by atoms with van der Waals surface area (Å²) in [4.78, 5) is 18.7. The lowest BCUT2D eigenvalue weighted by Gasteiger charge is -2.29. The minimum Gasteiger partial charge on any atom is -0.367 e. The van der Waals surface area contributed by atoms with Crippen molar-refractivity contribution >= 4 is 33.5 Å². The number of urea groups is 1. The molecule has 1 atom stereocenters. The van der Waals surface area contributed by atoms with Crippen LogP contribution in [0.4, 0.5) is 21.9 Å². The maximum absolute atomic E-state index is 13.2. The van der Waals surface area contributed by atoms with E-state index in [1.54, 1.807) is 48.8 Å². The summed E-state index contributed by atoms with van der Waals surface area (Å²) < 4.78 is 26.8. The number of aromatic nitrogens is 1. The van der Waals surface area contributed by atoms with Gasteiger partial charge in [0.1, 0.15) is 0 Å². The molecule has 3 aromatic rings. The van der Waals surface area contributed by atoms with Gasteiger partial charge >= 0.3 is 16.4 Å². The number of piperidine rings is 1. The lowest BCUT2D eigenvalue weighted by atomic mass is 10.1. The summed E-state index contributed by atoms with van der Waals surface area (Å²) in [7, 11) is -3.52. The van der Waals surface area contributed by atoms with Crippen molar-refractivity contribution in [3.05, 3.63) is 78.6 Å². The van der Waals surface area contributed by atoms with Gasteiger partial charge < -0.3 is 15.5 Å². The number of hydrogen-bond acceptors (Lipinski definition) is 4. The predicted molar refractivity (Wildman–Crippen MR) is 132 cm³/mol. The number of nitrogens with one attached hydrogen (secondary N) is 3. The first-order valence-electron chi connectivity index (χ1n) is 10.9. The van der Waals surface area contributed by atoms with Crippen molar-refractivity contribution in [2.24, 2.45) is 0 Å². The van der Waals surface area contributed by atoms with Crippen LogP contribution in [-0.2, 0) is 21.2 Å². The Kier molecular flexibility index (Phi) is 7.21. The van der Waals surface area contributed by atoms with E-state index in [1.807, 2.05) is 24.3 Å². The first-order chi connectivity index (χ1) is 16.0. The van der Waals surface area contributed by atoms with Crippen molar-refractivity contribution in [1.29, 1.82) is 0 Å². The van der Waals surface area contributed by atoms with Crippen molar-refractivity contribution < 1.29 is 13.6 Å². The van der Waals surface area contributed by atoms with Gasteiger partial charge in [0.15, 0.2) is 0 Å². The molecule has 4 rings (SSSR count). The fraction of sp³-hybridized carbons (Fsp3) is 0.250. The largest absolute Gasteiger partial charge is 0.367 e. The second-order valence-electron chi connectivity index (χ2n) is 7.89. The molecule has 1 aliphatic heterocycles. The zero-order chi connectivity index (χ0) is 23.1. The van der Waals surface area contributed by atoms with E-state index in [9.17, 15) is 13.6 Å². The van der Waals surface area contributed by atoms with E-state index in [-0.39, 0.29) is 6.03 Å². The standard InChI is InChI=1S/C24H27N5O3S/c30-24(26-18-19-7-6-14-25-17-19)27-20-10-12-21(13-11-20)28-33(31,32)23-9-3-2-8-22(23)29-15-4-1-5-16-29/h2-3,6-14,17H,1,4-5,15-16,18H2,(H3-,26,27,28,30,31,32)/p+1. The fourth-order valence-electron chi connectivity index (χ4n) is 3.78. The maximum Gasteiger partial charge on any atom is 0.348 e. The number of anilines is 3. The van der Waals surface area contributed by atoms with Gasteiger partial charge in [0.05, 0.1) is 11.4 Å². The molecule has 0 bridgehead atoms. The molecule has 2 heterocycles. The van der Waals surface area contributed by atoms with Crippen molar-refractivity contribution in [3.63, 3.8) is 0 Å². The summed E-state index contributed by atoms with van der Waals surface area (Å²) in [5.74, 6) is 0. The van der Waals surface area contributed by atoms with E-state index < -0.39 is 10.4 Å². The third-order valence-electron chi connectivity index (χ3n) is 5.43. The summed E-state index contributed by atoms with van der Waals surface area (Å²) >= 11 is 0. The van der Waals surface area contributed by atoms with Gasteiger partial charge in [-0.15, -0.1) is 0 Å². The minimum atomic E-state index is -3.52. The molecule has 1 unspecified atom stereocenters. The molecule has 9 heteroatoms. The van der Waals surface area contributed by atoms with Gasteiger partial charge in [-0.2, -0.15) is 9.27 Å². The van der Waals surface area contributed by atoms with Crippen LogP contribution in [0.2, 0.25) is 0 Å². The Morgan fingerprint density at radius 2 is 1.70 bits per heavy atom. The van der Waals surface area contributed by atoms with Gasteiger partial charge in [-0.1, -0.05) is 18.2 Å². The number of nitrogens with zero attached hydrogens (tertiary/aromatic N) is 2. The van der Waals surface area contributed by atoms with Crippen molar-refractivity contribution in [3.8, 4) is 0 Å². The zero-order valence-electron chi connectivity index (χ0n) is 18.2. The Labute approximate surface area is 194 Å². The molecule has 2 amide bonds. The van der Waals surface area contributed by atoms with E-state index in [1.165, 1.54) is 6.42 Å². The highest BCUT2D eigenvalue weighted by Gasteiger charge is 2.34. The third kappa shape index (κ3) is 6.09. The van der Waals surface area contributed by atoms with Crippen LogP contribution in [0.5, 0.6) is 0 Å². The fourth-order valence-corrected chi connectivity index (χ4v) is 5.09. The molecule has 1 fully saturated rings. The molecule has 0 spiro atoms. The Morgan fingerprint density at radius 3 is 2.42 bits per heavy atom. The second kappa shape index (κ2) is 10.5. The summed E-state index contributed by atoms with van der Waals surface area (Å²) in [6.07, 6.45) is 6.72. The average Bonchev–Trinajstić information content (AvgIpc) is 2.85. The lowest BCUT2D eigenvalue weighted by molar-refractivity contribution is 0.251. The molecule has 0 saturated carbocycles. The quantitative estimate of drug-likeness (QED) is 0.376. The Morgan fingerprint density at radius 1 is 0.970 bits per heavy atom. The summed E-state index contributed by atoms with van der Waals surface area (Å²) in [6.45, 7) is 2.13. The zero-order valence-corrected chi connectivity index (χ0v) is 19.1. The molecular weight excluding hydrogens is 438 g/mol. The number of amides is 2. The second-order valence-corrected chi connectivity index (χ2v) is 9.59. The van der Waals surface area contributed by atoms with Crippen molar-refractivity contribution in [1.82, 2.24) is 10.3 Å². The van der Waals surface area contributed by atoms with Crippen LogP contribution >= 0.6 is 0 Å². The molecule has 172 valence electrons. The van der Waals surface area contributed by atoms with Crippen LogP contribution in [0.15, 0.2) is 78.0 Å². The summed E-state index contributed by atoms with van der Waals surface area (Å²) in [6, 6.07) is 17.3. The Hall–Kier alpha value is -3.43. The van der Waals surface area contributed by atoms with E-state index in [0.29, 0.717) is 22.8 Å². The smallest absolute Gasteiger partial charge is 0.348 e. The van der Waals surface area contributed by atoms with Crippen LogP contribution < -0.4 is 20.3 Å². The minimum absolute atomic E-state index is 0.346. The van der Waals surface area contributed by atoms with Gasteiger partial charge in [-0.25, -0.2) is 4.79 Å². The monoisotopic (exact) mass is 466 g/mol. The first-order valence-corrected chi connectivity index (χ1v) is 12.4. The molecular formula is C24H28N5O3S+. The van der Waals surface area contributed by atoms with Gasteiger partial charge in [0.2, 0.25) is 4.90 Å². The summed E-state index contributed by atoms with van der Waals surface area (Å²) in [5.41, 5.74) is 2.75. The predicted octanol–water partition coefficient (Wildman–Crippen LogP) is 4.75. The topological polar surface area (TPSA) is 107 Å². The maximum atomic E-state index is 13.2. The molecule has 1 saturated heterocycles. The highest BCUT2D eigenvalue weighted by atomic mass is 32.3. The average molecular weight is 467 g/mol. The van der Waals surface area contributed by atoms with Crippen LogP contribution in [-0.4, -0.2) is 28.7 Å². The number of para-hydroxylation sites is 1. The van der Waals surface area contributed by atoms with Gasteiger partial charge in [-0.3, -0.25) is 4.98 Å². The molecule has 1 aliphatic rings. The van der Waals surface area contributed by atoms with Crippen LogP contribution in [0, 0.1) is 0 Å². The first kappa shape index (κ1) is 22.8. The van der Waals surface area contributed by atoms with E-state index in [0.717, 1.165) is 37.2 Å². The van der Waals surface area contributed by atoms with Gasteiger partial charge in [0.25, 0.3) is 0 Å². The number of carbonyl (C=O) groups excluding carboxylic acids is 1. The number of benzene rings is 2. The van der Waals surface area contributed by atoms with Gasteiger partial charge in [-0.05, 0) is 65.4 Å². The van der Waals surface area contributed by atoms with E-state index in [4.69, 9.17) is 0 Å². The van der Waals surface area contributed by atoms with Crippen molar-refractivity contribution in [2.45, 2.75) is 30.7 Å². The number of rotatable bonds is 7. The summed E-state index contributed by atoms with van der Waals surface area (Å²) in [5, 5.41) is 5.51. The Balaban J connectivity index is 1.38. The Bertz CT molecular complexity index is 1120. The third-order valence-corrected chi connectivity index (χ3v) is 6.89. The van der Waals surface area contributed by atoms with Gasteiger partial charge in [0, 0.05) is 43.8 Å². The SMILES string of the molecule is O=C(NCc1cccnc1)Nc1ccc(N[S+](=O)(O)c2ccccc2N2CCCCC2)cc1. The lowest BCUT2D eigenvalue weighted by Crippen LogP contribution is -2.32. The van der Waals surface area contributed by atoms with Crippen LogP contribution in [0.3, 0.4) is 0 Å². The highest BCUT2D eigenvalue weighted by Crippen LogP contribution is 2.32. The van der Waals surface area contributed by atoms with Crippen LogP contribution in [0.1, 0.15) is 24.8 Å². The molecule has 1 aromatic heterocycles. The molecule has 4 N–H and O–H groups in total. The van der Waals surface area contributed by atoms with Crippen LogP contribution in [0.25, 0.3) is 0 Å². The highest BCUT2D eigenvalue weighted by molar-refractivity contribution is 7.99. The molecule has 0 aliphatic carbocycles. The molecule has 2 aromatic carbocycles. The number of carbonyl (C=O) groups is 1. The van der Waals surface area contributed by atoms with E-state index in [2.05, 4.69) is 25.2 Å². The molecule has 8 nitrogen and oxygen atoms in total. The normalized spacial score (nSPS) is 15.4. The number of hydrogen-bond donors (Lipinski definition) is 4. The number of pyridine rings is 1. The van der Waals surface area contributed by atoms with E-state index >= 15 is 0 Å².